The van der Waals surface area contributed by atoms with Gasteiger partial charge in [0.1, 0.15) is 6.10 Å². The van der Waals surface area contributed by atoms with Gasteiger partial charge in [-0.3, -0.25) is 9.69 Å². The van der Waals surface area contributed by atoms with Crippen LogP contribution in [0.4, 0.5) is 0 Å². The minimum atomic E-state index is -0.312. The second kappa shape index (κ2) is 4.28. The van der Waals surface area contributed by atoms with Crippen molar-refractivity contribution in [2.75, 3.05) is 26.7 Å². The lowest BCUT2D eigenvalue weighted by Gasteiger charge is -2.40. The molecule has 0 aromatic rings. The predicted octanol–water partition coefficient (Wildman–Crippen LogP) is 0.232. The van der Waals surface area contributed by atoms with Crippen molar-refractivity contribution in [3.63, 3.8) is 0 Å². The van der Waals surface area contributed by atoms with Crippen LogP contribution in [0.3, 0.4) is 0 Å². The van der Waals surface area contributed by atoms with Crippen molar-refractivity contribution in [1.29, 1.82) is 0 Å². The summed E-state index contributed by atoms with van der Waals surface area (Å²) in [5.41, 5.74) is 0.107. The van der Waals surface area contributed by atoms with Crippen LogP contribution < -0.4 is 5.32 Å². The number of likely N-dealkylation sites (N-methyl/N-ethyl adjacent to an activating group) is 1. The molecule has 0 aromatic carbocycles. The van der Waals surface area contributed by atoms with Gasteiger partial charge in [0.25, 0.3) is 0 Å². The van der Waals surface area contributed by atoms with E-state index in [0.717, 1.165) is 6.54 Å². The van der Waals surface area contributed by atoms with E-state index in [0.29, 0.717) is 13.2 Å². The highest BCUT2D eigenvalue weighted by atomic mass is 16.5. The molecule has 82 valence electrons. The highest BCUT2D eigenvalue weighted by molar-refractivity contribution is 5.80. The highest BCUT2D eigenvalue weighted by Crippen LogP contribution is 2.17. The average molecular weight is 200 g/mol. The zero-order valence-corrected chi connectivity index (χ0v) is 9.46. The molecule has 1 atom stereocenters. The molecule has 0 aliphatic carbocycles. The van der Waals surface area contributed by atoms with Crippen molar-refractivity contribution in [3.05, 3.63) is 0 Å². The molecule has 1 heterocycles. The summed E-state index contributed by atoms with van der Waals surface area (Å²) in [6.07, 6.45) is -0.312. The lowest BCUT2D eigenvalue weighted by atomic mass is 10.0. The molecule has 1 aliphatic rings. The molecule has 4 heteroatoms. The number of nitrogens with one attached hydrogen (secondary N) is 1. The van der Waals surface area contributed by atoms with Crippen molar-refractivity contribution < 1.29 is 9.53 Å². The van der Waals surface area contributed by atoms with Crippen molar-refractivity contribution in [2.24, 2.45) is 0 Å². The van der Waals surface area contributed by atoms with Gasteiger partial charge >= 0.3 is 0 Å². The summed E-state index contributed by atoms with van der Waals surface area (Å²) >= 11 is 0. The van der Waals surface area contributed by atoms with Crippen molar-refractivity contribution in [2.45, 2.75) is 32.4 Å². The molecule has 1 fully saturated rings. The first-order chi connectivity index (χ1) is 6.45. The number of amides is 1. The van der Waals surface area contributed by atoms with Gasteiger partial charge in [-0.1, -0.05) is 0 Å². The Morgan fingerprint density at radius 2 is 2.14 bits per heavy atom. The first kappa shape index (κ1) is 11.5. The third-order valence-corrected chi connectivity index (χ3v) is 2.55. The van der Waals surface area contributed by atoms with Crippen molar-refractivity contribution >= 4 is 5.91 Å². The second-order valence-electron chi connectivity index (χ2n) is 4.59. The van der Waals surface area contributed by atoms with Crippen LogP contribution in [0.2, 0.25) is 0 Å². The van der Waals surface area contributed by atoms with Gasteiger partial charge in [-0.25, -0.2) is 0 Å². The number of nitrogens with zero attached hydrogens (tertiary/aromatic N) is 1. The largest absolute Gasteiger partial charge is 0.366 e. The zero-order valence-electron chi connectivity index (χ0n) is 9.46. The predicted molar refractivity (Wildman–Crippen MR) is 55.1 cm³/mol. The summed E-state index contributed by atoms with van der Waals surface area (Å²) in [5, 5.41) is 2.62. The van der Waals surface area contributed by atoms with E-state index in [1.165, 1.54) is 0 Å². The lowest BCUT2D eigenvalue weighted by molar-refractivity contribution is -0.140. The Bertz CT molecular complexity index is 211. The number of morpholine rings is 1. The molecule has 1 amide bonds. The number of hydrogen-bond donors (Lipinski definition) is 1. The normalized spacial score (nSPS) is 24.7. The summed E-state index contributed by atoms with van der Waals surface area (Å²) in [4.78, 5) is 13.7. The summed E-state index contributed by atoms with van der Waals surface area (Å²) < 4.78 is 5.40. The van der Waals surface area contributed by atoms with E-state index in [-0.39, 0.29) is 17.6 Å². The minimum Gasteiger partial charge on any atom is -0.366 e. The Morgan fingerprint density at radius 1 is 1.50 bits per heavy atom. The van der Waals surface area contributed by atoms with E-state index in [1.807, 2.05) is 0 Å². The first-order valence-electron chi connectivity index (χ1n) is 5.03. The van der Waals surface area contributed by atoms with E-state index < -0.39 is 0 Å². The van der Waals surface area contributed by atoms with Gasteiger partial charge < -0.3 is 10.1 Å². The Hall–Kier alpha value is -0.610. The van der Waals surface area contributed by atoms with Crippen LogP contribution >= 0.6 is 0 Å². The SMILES string of the molecule is CNC(=O)C1CN(C(C)(C)C)CCO1. The fourth-order valence-electron chi connectivity index (χ4n) is 1.58. The summed E-state index contributed by atoms with van der Waals surface area (Å²) in [7, 11) is 1.64. The molecule has 14 heavy (non-hydrogen) atoms. The molecule has 0 bridgehead atoms. The minimum absolute atomic E-state index is 0.0287. The molecule has 0 saturated carbocycles. The van der Waals surface area contributed by atoms with Crippen LogP contribution in [0.25, 0.3) is 0 Å². The van der Waals surface area contributed by atoms with E-state index in [1.54, 1.807) is 7.05 Å². The fourth-order valence-corrected chi connectivity index (χ4v) is 1.58. The van der Waals surface area contributed by atoms with Crippen LogP contribution in [0.5, 0.6) is 0 Å². The van der Waals surface area contributed by atoms with E-state index in [9.17, 15) is 4.79 Å². The number of carbonyl (C=O) groups is 1. The van der Waals surface area contributed by atoms with Crippen LogP contribution in [-0.2, 0) is 9.53 Å². The molecule has 1 saturated heterocycles. The Kier molecular flexibility index (Phi) is 3.50. The zero-order chi connectivity index (χ0) is 10.8. The van der Waals surface area contributed by atoms with Gasteiger partial charge in [-0.15, -0.1) is 0 Å². The molecule has 0 spiro atoms. The molecule has 1 rings (SSSR count). The maximum Gasteiger partial charge on any atom is 0.250 e. The molecule has 0 aromatic heterocycles. The third kappa shape index (κ3) is 2.69. The van der Waals surface area contributed by atoms with Crippen LogP contribution in [-0.4, -0.2) is 49.2 Å². The molecule has 1 N–H and O–H groups in total. The van der Waals surface area contributed by atoms with E-state index >= 15 is 0 Å². The second-order valence-corrected chi connectivity index (χ2v) is 4.59. The van der Waals surface area contributed by atoms with Gasteiger partial charge in [0.05, 0.1) is 6.61 Å². The standard InChI is InChI=1S/C10H20N2O2/c1-10(2,3)12-5-6-14-8(7-12)9(13)11-4/h8H,5-7H2,1-4H3,(H,11,13). The van der Waals surface area contributed by atoms with E-state index in [4.69, 9.17) is 4.74 Å². The maximum atomic E-state index is 11.4. The van der Waals surface area contributed by atoms with Gasteiger partial charge in [0.15, 0.2) is 0 Å². The lowest BCUT2D eigenvalue weighted by Crippen LogP contribution is -2.55. The monoisotopic (exact) mass is 200 g/mol. The molecule has 0 radical (unpaired) electrons. The Labute approximate surface area is 85.6 Å². The highest BCUT2D eigenvalue weighted by Gasteiger charge is 2.31. The Morgan fingerprint density at radius 3 is 2.64 bits per heavy atom. The van der Waals surface area contributed by atoms with Gasteiger partial charge in [0, 0.05) is 25.7 Å². The number of carbonyl (C=O) groups excluding carboxylic acids is 1. The van der Waals surface area contributed by atoms with Crippen LogP contribution in [0.1, 0.15) is 20.8 Å². The fraction of sp³-hybridized carbons (Fsp3) is 0.900. The van der Waals surface area contributed by atoms with Crippen molar-refractivity contribution in [3.8, 4) is 0 Å². The van der Waals surface area contributed by atoms with Crippen LogP contribution in [0, 0.1) is 0 Å². The quantitative estimate of drug-likeness (QED) is 0.659. The average Bonchev–Trinajstić information content (AvgIpc) is 2.15. The maximum absolute atomic E-state index is 11.4. The van der Waals surface area contributed by atoms with Gasteiger partial charge in [0.2, 0.25) is 5.91 Å². The van der Waals surface area contributed by atoms with Crippen LogP contribution in [0.15, 0.2) is 0 Å². The molecular weight excluding hydrogens is 180 g/mol. The van der Waals surface area contributed by atoms with Gasteiger partial charge in [-0.2, -0.15) is 0 Å². The number of hydrogen-bond acceptors (Lipinski definition) is 3. The first-order valence-corrected chi connectivity index (χ1v) is 5.03. The molecule has 1 aliphatic heterocycles. The van der Waals surface area contributed by atoms with E-state index in [2.05, 4.69) is 31.0 Å². The molecule has 1 unspecified atom stereocenters. The Balaban J connectivity index is 2.56. The van der Waals surface area contributed by atoms with Gasteiger partial charge in [-0.05, 0) is 20.8 Å². The topological polar surface area (TPSA) is 41.6 Å². The smallest absolute Gasteiger partial charge is 0.250 e. The summed E-state index contributed by atoms with van der Waals surface area (Å²) in [6, 6.07) is 0. The summed E-state index contributed by atoms with van der Waals surface area (Å²) in [5.74, 6) is -0.0287. The number of rotatable bonds is 1. The third-order valence-electron chi connectivity index (χ3n) is 2.55. The number of ether oxygens (including phenoxy) is 1. The summed E-state index contributed by atoms with van der Waals surface area (Å²) in [6.45, 7) is 8.67. The van der Waals surface area contributed by atoms with Crippen molar-refractivity contribution in [1.82, 2.24) is 10.2 Å². The molecule has 4 nitrogen and oxygen atoms in total. The molecular formula is C10H20N2O2.